The summed E-state index contributed by atoms with van der Waals surface area (Å²) in [5, 5.41) is 12.2. The fraction of sp³-hybridized carbons (Fsp3) is 0.0968. The first-order valence-electron chi connectivity index (χ1n) is 12.2. The molecule has 1 aliphatic rings. The van der Waals surface area contributed by atoms with Gasteiger partial charge in [0.05, 0.1) is 17.8 Å². The summed E-state index contributed by atoms with van der Waals surface area (Å²) in [6.45, 7) is 9.06. The van der Waals surface area contributed by atoms with Gasteiger partial charge in [-0.1, -0.05) is 61.2 Å². The third-order valence-corrected chi connectivity index (χ3v) is 6.70. The van der Waals surface area contributed by atoms with E-state index in [9.17, 15) is 4.79 Å². The fourth-order valence-electron chi connectivity index (χ4n) is 4.84. The summed E-state index contributed by atoms with van der Waals surface area (Å²) in [7, 11) is 0. The smallest absolute Gasteiger partial charge is 0.150 e. The molecule has 7 heteroatoms. The van der Waals surface area contributed by atoms with Crippen LogP contribution in [-0.4, -0.2) is 28.5 Å². The number of nitrogens with one attached hydrogen (secondary N) is 2. The van der Waals surface area contributed by atoms with Crippen LogP contribution in [0.25, 0.3) is 11.8 Å². The quantitative estimate of drug-likeness (QED) is 0.217. The number of para-hydroxylation sites is 1. The second-order valence-electron chi connectivity index (χ2n) is 9.20. The van der Waals surface area contributed by atoms with Crippen LogP contribution < -0.4 is 16.0 Å². The van der Waals surface area contributed by atoms with E-state index in [2.05, 4.69) is 71.0 Å². The van der Waals surface area contributed by atoms with Crippen LogP contribution in [0.3, 0.4) is 0 Å². The van der Waals surface area contributed by atoms with Crippen LogP contribution in [0.15, 0.2) is 85.3 Å². The van der Waals surface area contributed by atoms with Gasteiger partial charge < -0.3 is 16.0 Å². The first-order valence-corrected chi connectivity index (χ1v) is 12.2. The summed E-state index contributed by atoms with van der Waals surface area (Å²) < 4.78 is 0. The van der Waals surface area contributed by atoms with Crippen molar-refractivity contribution in [2.24, 2.45) is 0 Å². The molecule has 0 spiro atoms. The van der Waals surface area contributed by atoms with Gasteiger partial charge in [-0.15, -0.1) is 0 Å². The Hall–Kier alpha value is -5.04. The summed E-state index contributed by atoms with van der Waals surface area (Å²) in [5.41, 5.74) is 15.2. The SMILES string of the molecule is C=C1c2c(C)cccc2C=C(CNc2ncnc(N)c2C(=N)c2cccc(C=O)c2)N1c1ccccc1C. The second kappa shape index (κ2) is 10.1. The number of anilines is 3. The fourth-order valence-corrected chi connectivity index (χ4v) is 4.84. The number of aldehydes is 1. The standard InChI is InChI=1S/C31H28N6O/c1-19-8-4-5-13-26(19)37-21(3)27-20(2)9-6-11-23(27)15-25(37)16-34-31-28(30(33)35-18-36-31)29(32)24-12-7-10-22(14-24)17-38/h4-15,17-18,32H,3,16H2,1-2H3,(H3,33,34,35,36). The minimum atomic E-state index is 0.132. The molecule has 4 aromatic rings. The molecule has 0 saturated heterocycles. The first kappa shape index (κ1) is 24.6. The van der Waals surface area contributed by atoms with Crippen LogP contribution in [0.2, 0.25) is 0 Å². The maximum absolute atomic E-state index is 11.3. The third kappa shape index (κ3) is 4.46. The highest BCUT2D eigenvalue weighted by atomic mass is 16.1. The summed E-state index contributed by atoms with van der Waals surface area (Å²) in [6, 6.07) is 21.3. The average Bonchev–Trinajstić information content (AvgIpc) is 2.92. The second-order valence-corrected chi connectivity index (χ2v) is 9.20. The van der Waals surface area contributed by atoms with E-state index >= 15 is 0 Å². The Morgan fingerprint density at radius 2 is 1.82 bits per heavy atom. The van der Waals surface area contributed by atoms with Crippen LogP contribution in [-0.2, 0) is 0 Å². The van der Waals surface area contributed by atoms with Gasteiger partial charge in [0.15, 0.2) is 0 Å². The highest BCUT2D eigenvalue weighted by molar-refractivity contribution is 6.16. The Morgan fingerprint density at radius 3 is 2.61 bits per heavy atom. The molecule has 0 atom stereocenters. The topological polar surface area (TPSA) is 108 Å². The van der Waals surface area contributed by atoms with E-state index in [4.69, 9.17) is 11.1 Å². The third-order valence-electron chi connectivity index (χ3n) is 6.70. The summed E-state index contributed by atoms with van der Waals surface area (Å²) in [4.78, 5) is 22.0. The normalized spacial score (nSPS) is 12.5. The van der Waals surface area contributed by atoms with Crippen LogP contribution in [0.4, 0.5) is 17.3 Å². The lowest BCUT2D eigenvalue weighted by atomic mass is 9.93. The minimum Gasteiger partial charge on any atom is -0.383 e. The molecule has 1 aromatic heterocycles. The Labute approximate surface area is 221 Å². The van der Waals surface area contributed by atoms with Crippen molar-refractivity contribution in [2.75, 3.05) is 22.5 Å². The maximum atomic E-state index is 11.3. The number of aromatic nitrogens is 2. The Kier molecular flexibility index (Phi) is 6.58. The average molecular weight is 501 g/mol. The van der Waals surface area contributed by atoms with Crippen LogP contribution in [0.1, 0.15) is 43.7 Å². The zero-order valence-electron chi connectivity index (χ0n) is 21.3. The molecule has 0 bridgehead atoms. The molecule has 0 fully saturated rings. The number of hydrogen-bond acceptors (Lipinski definition) is 7. The van der Waals surface area contributed by atoms with E-state index in [1.165, 1.54) is 6.33 Å². The molecule has 7 nitrogen and oxygen atoms in total. The van der Waals surface area contributed by atoms with Gasteiger partial charge in [0.1, 0.15) is 24.2 Å². The number of nitrogens with two attached hydrogens (primary N) is 1. The Morgan fingerprint density at radius 1 is 1.05 bits per heavy atom. The van der Waals surface area contributed by atoms with Crippen molar-refractivity contribution >= 4 is 41.1 Å². The zero-order chi connectivity index (χ0) is 26.8. The molecule has 3 aromatic carbocycles. The molecule has 0 saturated carbocycles. The van der Waals surface area contributed by atoms with Gasteiger partial charge in [0, 0.05) is 33.8 Å². The predicted octanol–water partition coefficient (Wildman–Crippen LogP) is 5.85. The molecule has 2 heterocycles. The first-order chi connectivity index (χ1) is 18.4. The van der Waals surface area contributed by atoms with Crippen molar-refractivity contribution < 1.29 is 4.79 Å². The van der Waals surface area contributed by atoms with E-state index in [0.29, 0.717) is 29.1 Å². The highest BCUT2D eigenvalue weighted by Gasteiger charge is 2.26. The highest BCUT2D eigenvalue weighted by Crippen LogP contribution is 2.39. The van der Waals surface area contributed by atoms with Gasteiger partial charge in [-0.05, 0) is 48.7 Å². The Bertz CT molecular complexity index is 1620. The number of fused-ring (bicyclic) bond motifs is 1. The molecule has 5 rings (SSSR count). The van der Waals surface area contributed by atoms with Crippen molar-refractivity contribution in [3.63, 3.8) is 0 Å². The summed E-state index contributed by atoms with van der Waals surface area (Å²) >= 11 is 0. The van der Waals surface area contributed by atoms with E-state index in [1.54, 1.807) is 24.3 Å². The number of carbonyl (C=O) groups is 1. The number of nitrogen functional groups attached to an aromatic ring is 1. The van der Waals surface area contributed by atoms with Crippen molar-refractivity contribution in [3.8, 4) is 0 Å². The molecule has 188 valence electrons. The van der Waals surface area contributed by atoms with Gasteiger partial charge in [-0.2, -0.15) is 0 Å². The number of benzene rings is 3. The molecule has 0 aliphatic carbocycles. The lowest BCUT2D eigenvalue weighted by Gasteiger charge is -2.35. The van der Waals surface area contributed by atoms with Crippen LogP contribution >= 0.6 is 0 Å². The largest absolute Gasteiger partial charge is 0.383 e. The van der Waals surface area contributed by atoms with Crippen molar-refractivity contribution in [1.82, 2.24) is 9.97 Å². The minimum absolute atomic E-state index is 0.132. The van der Waals surface area contributed by atoms with E-state index in [0.717, 1.165) is 45.6 Å². The lowest BCUT2D eigenvalue weighted by Crippen LogP contribution is -2.29. The number of hydrogen-bond donors (Lipinski definition) is 3. The van der Waals surface area contributed by atoms with Crippen LogP contribution in [0.5, 0.6) is 0 Å². The van der Waals surface area contributed by atoms with Gasteiger partial charge >= 0.3 is 0 Å². The van der Waals surface area contributed by atoms with Crippen molar-refractivity contribution in [2.45, 2.75) is 13.8 Å². The van der Waals surface area contributed by atoms with Crippen molar-refractivity contribution in [3.05, 3.63) is 124 Å². The van der Waals surface area contributed by atoms with E-state index in [-0.39, 0.29) is 11.5 Å². The predicted molar refractivity (Wildman–Crippen MR) is 155 cm³/mol. The molecule has 0 amide bonds. The van der Waals surface area contributed by atoms with Gasteiger partial charge in [-0.25, -0.2) is 9.97 Å². The molecule has 0 radical (unpaired) electrons. The Balaban J connectivity index is 1.54. The number of aryl methyl sites for hydroxylation is 2. The number of nitrogens with zero attached hydrogens (tertiary/aromatic N) is 3. The van der Waals surface area contributed by atoms with Crippen molar-refractivity contribution in [1.29, 1.82) is 5.41 Å². The molecular weight excluding hydrogens is 472 g/mol. The molecular formula is C31H28N6O. The van der Waals surface area contributed by atoms with Gasteiger partial charge in [0.2, 0.25) is 0 Å². The van der Waals surface area contributed by atoms with E-state index in [1.807, 2.05) is 18.2 Å². The molecule has 0 unspecified atom stereocenters. The lowest BCUT2D eigenvalue weighted by molar-refractivity contribution is 0.112. The maximum Gasteiger partial charge on any atom is 0.150 e. The monoisotopic (exact) mass is 500 g/mol. The van der Waals surface area contributed by atoms with E-state index < -0.39 is 0 Å². The molecule has 1 aliphatic heterocycles. The summed E-state index contributed by atoms with van der Waals surface area (Å²) in [6.07, 6.45) is 4.28. The number of rotatable bonds is 7. The van der Waals surface area contributed by atoms with Crippen LogP contribution in [0, 0.1) is 19.3 Å². The van der Waals surface area contributed by atoms with Gasteiger partial charge in [-0.3, -0.25) is 10.2 Å². The van der Waals surface area contributed by atoms with Gasteiger partial charge in [0.25, 0.3) is 0 Å². The number of carbonyl (C=O) groups excluding carboxylic acids is 1. The summed E-state index contributed by atoms with van der Waals surface area (Å²) in [5.74, 6) is 0.619. The zero-order valence-corrected chi connectivity index (χ0v) is 21.3. The molecule has 4 N–H and O–H groups in total. The molecule has 38 heavy (non-hydrogen) atoms.